The Labute approximate surface area is 215 Å². The van der Waals surface area contributed by atoms with Gasteiger partial charge < -0.3 is 28.8 Å². The summed E-state index contributed by atoms with van der Waals surface area (Å²) in [7, 11) is 1.30. The first-order valence-electron chi connectivity index (χ1n) is 13.9. The van der Waals surface area contributed by atoms with Gasteiger partial charge >= 0.3 is 0 Å². The number of phosphoric acid groups is 1. The van der Waals surface area contributed by atoms with Crippen molar-refractivity contribution in [3.63, 3.8) is 0 Å². The van der Waals surface area contributed by atoms with Crippen LogP contribution in [0.3, 0.4) is 0 Å². The molecular weight excluding hydrogens is 467 g/mol. The molecule has 210 valence electrons. The monoisotopic (exact) mass is 522 g/mol. The van der Waals surface area contributed by atoms with E-state index in [9.17, 15) is 19.4 Å². The van der Waals surface area contributed by atoms with Crippen molar-refractivity contribution in [1.82, 2.24) is 5.32 Å². The van der Waals surface area contributed by atoms with Gasteiger partial charge in [-0.2, -0.15) is 0 Å². The largest absolute Gasteiger partial charge is 0.756 e. The van der Waals surface area contributed by atoms with E-state index in [1.54, 1.807) is 0 Å². The molecule has 8 nitrogen and oxygen atoms in total. The standard InChI is InChI=1S/C26H55N2O6P/c1-6-8-10-12-13-14-16-18-20-26(30)27-24(25(29)19-17-15-11-9-7-2)23-34-35(31,32)33-22-21-28(3,4)5/h24-25,29H,6-23H2,1-5H3,(H-,27,30,31,32). The third-order valence-electron chi connectivity index (χ3n) is 6.10. The number of nitrogens with zero attached hydrogens (tertiary/aromatic N) is 1. The van der Waals surface area contributed by atoms with Gasteiger partial charge in [0.15, 0.2) is 0 Å². The van der Waals surface area contributed by atoms with Gasteiger partial charge in [-0.15, -0.1) is 0 Å². The highest BCUT2D eigenvalue weighted by Gasteiger charge is 2.24. The number of phosphoric ester groups is 1. The molecule has 3 atom stereocenters. The zero-order chi connectivity index (χ0) is 26.6. The Morgan fingerprint density at radius 3 is 1.94 bits per heavy atom. The molecule has 0 aromatic rings. The van der Waals surface area contributed by atoms with Gasteiger partial charge in [-0.25, -0.2) is 0 Å². The predicted octanol–water partition coefficient (Wildman–Crippen LogP) is 4.93. The van der Waals surface area contributed by atoms with Crippen LogP contribution in [-0.4, -0.2) is 68.5 Å². The van der Waals surface area contributed by atoms with E-state index in [-0.39, 0.29) is 19.1 Å². The van der Waals surface area contributed by atoms with E-state index in [1.165, 1.54) is 32.1 Å². The van der Waals surface area contributed by atoms with E-state index >= 15 is 0 Å². The molecule has 2 N–H and O–H groups in total. The molecule has 0 rings (SSSR count). The molecular formula is C26H55N2O6P. The van der Waals surface area contributed by atoms with Crippen molar-refractivity contribution in [2.45, 2.75) is 122 Å². The minimum atomic E-state index is -4.52. The van der Waals surface area contributed by atoms with E-state index < -0.39 is 20.0 Å². The molecule has 0 bridgehead atoms. The van der Waals surface area contributed by atoms with Gasteiger partial charge in [0.25, 0.3) is 7.82 Å². The van der Waals surface area contributed by atoms with Gasteiger partial charge in [-0.3, -0.25) is 9.36 Å². The zero-order valence-corrected chi connectivity index (χ0v) is 24.2. The average molecular weight is 523 g/mol. The van der Waals surface area contributed by atoms with Crippen molar-refractivity contribution in [2.75, 3.05) is 40.9 Å². The van der Waals surface area contributed by atoms with Crippen molar-refractivity contribution >= 4 is 13.7 Å². The summed E-state index contributed by atoms with van der Waals surface area (Å²) in [6, 6.07) is -0.785. The predicted molar refractivity (Wildman–Crippen MR) is 141 cm³/mol. The fourth-order valence-electron chi connectivity index (χ4n) is 3.74. The summed E-state index contributed by atoms with van der Waals surface area (Å²) in [5, 5.41) is 13.5. The van der Waals surface area contributed by atoms with E-state index in [4.69, 9.17) is 9.05 Å². The summed E-state index contributed by atoms with van der Waals surface area (Å²) in [6.07, 6.45) is 14.3. The number of unbranched alkanes of at least 4 members (excludes halogenated alkanes) is 11. The van der Waals surface area contributed by atoms with Crippen molar-refractivity contribution < 1.29 is 32.9 Å². The van der Waals surface area contributed by atoms with E-state index in [0.29, 0.717) is 23.9 Å². The highest BCUT2D eigenvalue weighted by atomic mass is 31.2. The number of carbonyl (C=O) groups is 1. The molecule has 0 heterocycles. The summed E-state index contributed by atoms with van der Waals surface area (Å²) in [6.45, 7) is 4.54. The molecule has 0 saturated carbocycles. The average Bonchev–Trinajstić information content (AvgIpc) is 2.77. The zero-order valence-electron chi connectivity index (χ0n) is 23.3. The number of carbonyl (C=O) groups excluding carboxylic acids is 1. The van der Waals surface area contributed by atoms with Crippen molar-refractivity contribution in [1.29, 1.82) is 0 Å². The minimum Gasteiger partial charge on any atom is -0.756 e. The Morgan fingerprint density at radius 1 is 0.886 bits per heavy atom. The maximum atomic E-state index is 12.5. The first kappa shape index (κ1) is 34.5. The lowest BCUT2D eigenvalue weighted by atomic mass is 10.0. The summed E-state index contributed by atoms with van der Waals surface area (Å²) >= 11 is 0. The number of aliphatic hydroxyl groups is 1. The second-order valence-electron chi connectivity index (χ2n) is 10.8. The molecule has 0 aliphatic heterocycles. The molecule has 0 aromatic carbocycles. The summed E-state index contributed by atoms with van der Waals surface area (Å²) < 4.78 is 22.8. The Balaban J connectivity index is 4.59. The highest BCUT2D eigenvalue weighted by molar-refractivity contribution is 7.45. The van der Waals surface area contributed by atoms with Crippen LogP contribution in [0.1, 0.15) is 110 Å². The fourth-order valence-corrected chi connectivity index (χ4v) is 4.46. The smallest absolute Gasteiger partial charge is 0.268 e. The van der Waals surface area contributed by atoms with Gasteiger partial charge in [0.2, 0.25) is 5.91 Å². The van der Waals surface area contributed by atoms with Crippen LogP contribution in [0.15, 0.2) is 0 Å². The number of aliphatic hydroxyl groups excluding tert-OH is 1. The molecule has 3 unspecified atom stereocenters. The minimum absolute atomic E-state index is 0.0136. The second-order valence-corrected chi connectivity index (χ2v) is 12.2. The Kier molecular flexibility index (Phi) is 20.3. The molecule has 1 amide bonds. The van der Waals surface area contributed by atoms with Gasteiger partial charge in [0.05, 0.1) is 39.9 Å². The molecule has 0 aliphatic rings. The number of quaternary nitrogens is 1. The number of nitrogens with one attached hydrogen (secondary N) is 1. The van der Waals surface area contributed by atoms with Gasteiger partial charge in [-0.05, 0) is 12.8 Å². The van der Waals surface area contributed by atoms with Crippen molar-refractivity contribution in [2.24, 2.45) is 0 Å². The van der Waals surface area contributed by atoms with Crippen LogP contribution in [0, 0.1) is 0 Å². The number of likely N-dealkylation sites (N-methyl/N-ethyl adjacent to an activating group) is 1. The number of amides is 1. The first-order valence-corrected chi connectivity index (χ1v) is 15.3. The SMILES string of the molecule is CCCCCCCCCCC(=O)NC(COP(=O)([O-])OCC[N+](C)(C)C)C(O)CCCCCCC. The molecule has 9 heteroatoms. The van der Waals surface area contributed by atoms with Crippen LogP contribution in [-0.2, 0) is 18.4 Å². The molecule has 0 aromatic heterocycles. The number of rotatable bonds is 24. The Morgan fingerprint density at radius 2 is 1.40 bits per heavy atom. The van der Waals surface area contributed by atoms with Crippen LogP contribution in [0.2, 0.25) is 0 Å². The normalized spacial score (nSPS) is 15.5. The van der Waals surface area contributed by atoms with E-state index in [2.05, 4.69) is 19.2 Å². The summed E-state index contributed by atoms with van der Waals surface area (Å²) in [5.74, 6) is -0.179. The van der Waals surface area contributed by atoms with Crippen molar-refractivity contribution in [3.8, 4) is 0 Å². The molecule has 0 spiro atoms. The maximum Gasteiger partial charge on any atom is 0.268 e. The lowest BCUT2D eigenvalue weighted by molar-refractivity contribution is -0.870. The third-order valence-corrected chi connectivity index (χ3v) is 7.06. The lowest BCUT2D eigenvalue weighted by Gasteiger charge is -2.30. The van der Waals surface area contributed by atoms with Crippen LogP contribution in [0.4, 0.5) is 0 Å². The van der Waals surface area contributed by atoms with Crippen LogP contribution < -0.4 is 10.2 Å². The van der Waals surface area contributed by atoms with Gasteiger partial charge in [0, 0.05) is 6.42 Å². The first-order chi connectivity index (χ1) is 16.5. The van der Waals surface area contributed by atoms with Crippen LogP contribution in [0.25, 0.3) is 0 Å². The lowest BCUT2D eigenvalue weighted by Crippen LogP contribution is -2.46. The summed E-state index contributed by atoms with van der Waals surface area (Å²) in [5.41, 5.74) is 0. The van der Waals surface area contributed by atoms with Crippen molar-refractivity contribution in [3.05, 3.63) is 0 Å². The van der Waals surface area contributed by atoms with Gasteiger partial charge in [0.1, 0.15) is 13.2 Å². The quantitative estimate of drug-likeness (QED) is 0.106. The maximum absolute atomic E-state index is 12.5. The van der Waals surface area contributed by atoms with Crippen LogP contribution >= 0.6 is 7.82 Å². The fraction of sp³-hybridized carbons (Fsp3) is 0.962. The van der Waals surface area contributed by atoms with Crippen LogP contribution in [0.5, 0.6) is 0 Å². The molecule has 0 saturated heterocycles. The molecule has 0 aliphatic carbocycles. The number of hydrogen-bond donors (Lipinski definition) is 2. The highest BCUT2D eigenvalue weighted by Crippen LogP contribution is 2.38. The van der Waals surface area contributed by atoms with Gasteiger partial charge in [-0.1, -0.05) is 90.9 Å². The Hall–Kier alpha value is -0.500. The molecule has 0 radical (unpaired) electrons. The topological polar surface area (TPSA) is 108 Å². The number of hydrogen-bond acceptors (Lipinski definition) is 6. The third kappa shape index (κ3) is 22.4. The molecule has 0 fully saturated rings. The van der Waals surface area contributed by atoms with E-state index in [0.717, 1.165) is 51.4 Å². The second kappa shape index (κ2) is 20.5. The summed E-state index contributed by atoms with van der Waals surface area (Å²) in [4.78, 5) is 24.7. The Bertz CT molecular complexity index is 571. The molecule has 35 heavy (non-hydrogen) atoms. The van der Waals surface area contributed by atoms with E-state index in [1.807, 2.05) is 21.1 Å².